The van der Waals surface area contributed by atoms with Crippen molar-refractivity contribution in [2.75, 3.05) is 20.7 Å². The zero-order valence-corrected chi connectivity index (χ0v) is 10.3. The zero-order chi connectivity index (χ0) is 13.5. The van der Waals surface area contributed by atoms with Crippen molar-refractivity contribution in [2.45, 2.75) is 6.61 Å². The van der Waals surface area contributed by atoms with Gasteiger partial charge in [0.1, 0.15) is 18.9 Å². The molecule has 0 unspecified atom stereocenters. The number of hydrogen-bond donors (Lipinski definition) is 1. The number of aliphatic carboxylic acids is 1. The van der Waals surface area contributed by atoms with Gasteiger partial charge in [-0.1, -0.05) is 18.2 Å². The number of rotatable bonds is 5. The normalized spacial score (nSPS) is 9.67. The van der Waals surface area contributed by atoms with Gasteiger partial charge in [-0.25, -0.2) is 4.79 Å². The maximum absolute atomic E-state index is 11.5. The molecule has 0 saturated carbocycles. The molecule has 0 heterocycles. The van der Waals surface area contributed by atoms with Crippen LogP contribution in [0.25, 0.3) is 0 Å². The van der Waals surface area contributed by atoms with Gasteiger partial charge >= 0.3 is 12.1 Å². The minimum Gasteiger partial charge on any atom is -0.496 e. The van der Waals surface area contributed by atoms with Gasteiger partial charge in [0, 0.05) is 12.6 Å². The highest BCUT2D eigenvalue weighted by Gasteiger charge is 2.14. The molecular weight excluding hydrogens is 238 g/mol. The molecule has 6 heteroatoms. The molecule has 0 radical (unpaired) electrons. The van der Waals surface area contributed by atoms with E-state index in [1.807, 2.05) is 0 Å². The maximum atomic E-state index is 11.5. The minimum atomic E-state index is -1.09. The van der Waals surface area contributed by atoms with Gasteiger partial charge in [-0.15, -0.1) is 0 Å². The highest BCUT2D eigenvalue weighted by molar-refractivity contribution is 5.76. The Hall–Kier alpha value is -2.24. The summed E-state index contributed by atoms with van der Waals surface area (Å²) in [6.07, 6.45) is -0.691. The Morgan fingerprint density at radius 1 is 1.33 bits per heavy atom. The van der Waals surface area contributed by atoms with Crippen LogP contribution in [-0.4, -0.2) is 42.8 Å². The third-order valence-corrected chi connectivity index (χ3v) is 2.23. The van der Waals surface area contributed by atoms with E-state index in [0.717, 1.165) is 10.5 Å². The number of likely N-dealkylation sites (N-methyl/N-ethyl adjacent to an activating group) is 1. The van der Waals surface area contributed by atoms with E-state index in [9.17, 15) is 9.59 Å². The lowest BCUT2D eigenvalue weighted by molar-refractivity contribution is -0.137. The number of benzene rings is 1. The minimum absolute atomic E-state index is 0.0345. The van der Waals surface area contributed by atoms with Crippen LogP contribution in [0.1, 0.15) is 5.56 Å². The van der Waals surface area contributed by atoms with E-state index < -0.39 is 18.6 Å². The first kappa shape index (κ1) is 13.8. The molecule has 0 atom stereocenters. The number of hydrogen-bond acceptors (Lipinski definition) is 4. The van der Waals surface area contributed by atoms with Crippen LogP contribution in [0.5, 0.6) is 5.75 Å². The molecule has 0 saturated heterocycles. The van der Waals surface area contributed by atoms with Gasteiger partial charge < -0.3 is 19.5 Å². The molecule has 1 aromatic carbocycles. The predicted molar refractivity (Wildman–Crippen MR) is 63.4 cm³/mol. The number of carboxylic acids is 1. The fraction of sp³-hybridized carbons (Fsp3) is 0.333. The second kappa shape index (κ2) is 6.48. The Kier molecular flexibility index (Phi) is 4.98. The zero-order valence-electron chi connectivity index (χ0n) is 10.3. The van der Waals surface area contributed by atoms with Crippen LogP contribution < -0.4 is 4.74 Å². The topological polar surface area (TPSA) is 76.1 Å². The molecule has 1 aromatic rings. The number of carbonyl (C=O) groups is 2. The highest BCUT2D eigenvalue weighted by atomic mass is 16.6. The standard InChI is InChI=1S/C12H15NO5/c1-13(7-11(14)15)12(16)18-8-9-5-3-4-6-10(9)17-2/h3-6H,7-8H2,1-2H3,(H,14,15). The third-order valence-electron chi connectivity index (χ3n) is 2.23. The number of methoxy groups -OCH3 is 1. The lowest BCUT2D eigenvalue weighted by Gasteiger charge is -2.15. The van der Waals surface area contributed by atoms with E-state index >= 15 is 0 Å². The van der Waals surface area contributed by atoms with Gasteiger partial charge in [-0.2, -0.15) is 0 Å². The van der Waals surface area contributed by atoms with Gasteiger partial charge in [0.15, 0.2) is 0 Å². The largest absolute Gasteiger partial charge is 0.496 e. The summed E-state index contributed by atoms with van der Waals surface area (Å²) >= 11 is 0. The first-order valence-electron chi connectivity index (χ1n) is 5.26. The molecular formula is C12H15NO5. The maximum Gasteiger partial charge on any atom is 0.410 e. The monoisotopic (exact) mass is 253 g/mol. The first-order chi connectivity index (χ1) is 8.54. The van der Waals surface area contributed by atoms with Crippen molar-refractivity contribution in [3.63, 3.8) is 0 Å². The van der Waals surface area contributed by atoms with Crippen LogP contribution >= 0.6 is 0 Å². The van der Waals surface area contributed by atoms with Crippen molar-refractivity contribution in [3.8, 4) is 5.75 Å². The number of amides is 1. The lowest BCUT2D eigenvalue weighted by Crippen LogP contribution is -2.32. The van der Waals surface area contributed by atoms with Crippen molar-refractivity contribution in [1.82, 2.24) is 4.90 Å². The van der Waals surface area contributed by atoms with Crippen LogP contribution in [0.2, 0.25) is 0 Å². The molecule has 98 valence electrons. The SMILES string of the molecule is COc1ccccc1COC(=O)N(C)CC(=O)O. The molecule has 0 spiro atoms. The van der Waals surface area contributed by atoms with Gasteiger partial charge in [0.25, 0.3) is 0 Å². The average Bonchev–Trinajstić information content (AvgIpc) is 2.35. The van der Waals surface area contributed by atoms with Crippen LogP contribution in [0.15, 0.2) is 24.3 Å². The van der Waals surface area contributed by atoms with E-state index in [1.54, 1.807) is 24.3 Å². The number of nitrogens with zero attached hydrogens (tertiary/aromatic N) is 1. The molecule has 0 aliphatic rings. The van der Waals surface area contributed by atoms with Crippen molar-refractivity contribution in [1.29, 1.82) is 0 Å². The third kappa shape index (κ3) is 3.97. The van der Waals surface area contributed by atoms with Crippen molar-refractivity contribution in [2.24, 2.45) is 0 Å². The Morgan fingerprint density at radius 3 is 2.61 bits per heavy atom. The molecule has 0 aliphatic heterocycles. The van der Waals surface area contributed by atoms with E-state index in [0.29, 0.717) is 5.75 Å². The summed E-state index contributed by atoms with van der Waals surface area (Å²) in [5.41, 5.74) is 0.720. The van der Waals surface area contributed by atoms with Gasteiger partial charge in [0.2, 0.25) is 0 Å². The number of carboxylic acid groups (broad SMARTS) is 1. The van der Waals surface area contributed by atoms with Crippen molar-refractivity contribution < 1.29 is 24.2 Å². The summed E-state index contributed by atoms with van der Waals surface area (Å²) in [6, 6.07) is 7.13. The summed E-state index contributed by atoms with van der Waals surface area (Å²) in [7, 11) is 2.88. The van der Waals surface area contributed by atoms with E-state index in [-0.39, 0.29) is 6.61 Å². The average molecular weight is 253 g/mol. The highest BCUT2D eigenvalue weighted by Crippen LogP contribution is 2.18. The fourth-order valence-electron chi connectivity index (χ4n) is 1.34. The summed E-state index contributed by atoms with van der Waals surface area (Å²) in [5.74, 6) is -0.474. The quantitative estimate of drug-likeness (QED) is 0.857. The second-order valence-electron chi connectivity index (χ2n) is 3.62. The van der Waals surface area contributed by atoms with Gasteiger partial charge in [0.05, 0.1) is 7.11 Å². The van der Waals surface area contributed by atoms with E-state index in [2.05, 4.69) is 0 Å². The smallest absolute Gasteiger partial charge is 0.410 e. The van der Waals surface area contributed by atoms with Crippen molar-refractivity contribution >= 4 is 12.1 Å². The van der Waals surface area contributed by atoms with E-state index in [1.165, 1.54) is 14.2 Å². The summed E-state index contributed by atoms with van der Waals surface area (Å²) < 4.78 is 10.1. The molecule has 0 fully saturated rings. The summed E-state index contributed by atoms with van der Waals surface area (Å²) in [6.45, 7) is -0.364. The predicted octanol–water partition coefficient (Wildman–Crippen LogP) is 1.35. The van der Waals surface area contributed by atoms with Crippen LogP contribution in [0.4, 0.5) is 4.79 Å². The van der Waals surface area contributed by atoms with Crippen molar-refractivity contribution in [3.05, 3.63) is 29.8 Å². The molecule has 6 nitrogen and oxygen atoms in total. The van der Waals surface area contributed by atoms with E-state index in [4.69, 9.17) is 14.6 Å². The fourth-order valence-corrected chi connectivity index (χ4v) is 1.34. The van der Waals surface area contributed by atoms with Gasteiger partial charge in [-0.05, 0) is 6.07 Å². The Bertz CT molecular complexity index is 432. The Balaban J connectivity index is 2.54. The summed E-state index contributed by atoms with van der Waals surface area (Å²) in [5, 5.41) is 8.53. The lowest BCUT2D eigenvalue weighted by atomic mass is 10.2. The van der Waals surface area contributed by atoms with Gasteiger partial charge in [-0.3, -0.25) is 4.79 Å². The molecule has 0 aliphatic carbocycles. The Labute approximate surface area is 105 Å². The Morgan fingerprint density at radius 2 is 2.00 bits per heavy atom. The molecule has 1 amide bonds. The van der Waals surface area contributed by atoms with Crippen LogP contribution in [-0.2, 0) is 16.1 Å². The first-order valence-corrected chi connectivity index (χ1v) is 5.26. The molecule has 0 aromatic heterocycles. The molecule has 0 bridgehead atoms. The van der Waals surface area contributed by atoms with Crippen LogP contribution in [0.3, 0.4) is 0 Å². The summed E-state index contributed by atoms with van der Waals surface area (Å²) in [4.78, 5) is 22.9. The van der Waals surface area contributed by atoms with Crippen LogP contribution in [0, 0.1) is 0 Å². The molecule has 18 heavy (non-hydrogen) atoms. The number of para-hydroxylation sites is 1. The second-order valence-corrected chi connectivity index (χ2v) is 3.62. The molecule has 1 N–H and O–H groups in total. The number of carbonyl (C=O) groups excluding carboxylic acids is 1. The number of ether oxygens (including phenoxy) is 2. The molecule has 1 rings (SSSR count).